The maximum Gasteiger partial charge on any atom is 0.637 e. The zero-order valence-corrected chi connectivity index (χ0v) is 6.36. The standard InChI is InChI=1S/C3H4ClFN2O5/c4-2-12-1-3(5,6(8)9)7(10)11/h1-2H2. The number of ether oxygens (including phenoxy) is 1. The van der Waals surface area contributed by atoms with Crippen LogP contribution < -0.4 is 0 Å². The van der Waals surface area contributed by atoms with E-state index in [4.69, 9.17) is 11.6 Å². The molecule has 70 valence electrons. The lowest BCUT2D eigenvalue weighted by Gasteiger charge is -2.06. The summed E-state index contributed by atoms with van der Waals surface area (Å²) in [7, 11) is 0. The predicted molar refractivity (Wildman–Crippen MR) is 34.5 cm³/mol. The summed E-state index contributed by atoms with van der Waals surface area (Å²) >= 11 is 4.88. The van der Waals surface area contributed by atoms with Gasteiger partial charge in [0.2, 0.25) is 6.61 Å². The minimum Gasteiger partial charge on any atom is -0.347 e. The minimum atomic E-state index is -3.81. The van der Waals surface area contributed by atoms with E-state index in [9.17, 15) is 24.6 Å². The first-order chi connectivity index (χ1) is 5.45. The molecule has 0 aromatic heterocycles. The molecule has 0 aliphatic carbocycles. The number of nitro groups is 2. The molecular weight excluding hydrogens is 198 g/mol. The van der Waals surface area contributed by atoms with Crippen LogP contribution in [-0.2, 0) is 4.74 Å². The zero-order chi connectivity index (χ0) is 9.78. The molecule has 0 saturated carbocycles. The van der Waals surface area contributed by atoms with Crippen LogP contribution in [0.2, 0.25) is 0 Å². The summed E-state index contributed by atoms with van der Waals surface area (Å²) in [5.41, 5.74) is 0. The van der Waals surface area contributed by atoms with E-state index in [1.807, 2.05) is 0 Å². The minimum absolute atomic E-state index is 0.548. The Morgan fingerprint density at radius 2 is 1.83 bits per heavy atom. The lowest BCUT2D eigenvalue weighted by Crippen LogP contribution is -2.45. The average Bonchev–Trinajstić information content (AvgIpc) is 1.99. The number of alkyl halides is 2. The summed E-state index contributed by atoms with van der Waals surface area (Å²) < 4.78 is 16.7. The van der Waals surface area contributed by atoms with Gasteiger partial charge in [-0.3, -0.25) is 20.2 Å². The number of nitrogens with zero attached hydrogens (tertiary/aromatic N) is 2. The van der Waals surface area contributed by atoms with Crippen LogP contribution in [0, 0.1) is 20.2 Å². The fraction of sp³-hybridized carbons (Fsp3) is 1.00. The van der Waals surface area contributed by atoms with Crippen molar-refractivity contribution in [1.82, 2.24) is 0 Å². The topological polar surface area (TPSA) is 95.5 Å². The highest BCUT2D eigenvalue weighted by molar-refractivity contribution is 6.17. The van der Waals surface area contributed by atoms with Gasteiger partial charge in [-0.1, -0.05) is 16.0 Å². The number of hydrogen-bond acceptors (Lipinski definition) is 5. The molecule has 0 aliphatic rings. The van der Waals surface area contributed by atoms with Crippen LogP contribution in [0.1, 0.15) is 0 Å². The third kappa shape index (κ3) is 2.24. The van der Waals surface area contributed by atoms with Crippen molar-refractivity contribution < 1.29 is 19.0 Å². The molecule has 0 fully saturated rings. The van der Waals surface area contributed by atoms with Crippen molar-refractivity contribution in [1.29, 1.82) is 0 Å². The van der Waals surface area contributed by atoms with E-state index in [0.29, 0.717) is 0 Å². The molecule has 0 amide bonds. The molecule has 12 heavy (non-hydrogen) atoms. The van der Waals surface area contributed by atoms with Crippen LogP contribution in [0.4, 0.5) is 4.39 Å². The fourth-order valence-corrected chi connectivity index (χ4v) is 0.418. The molecule has 0 bridgehead atoms. The third-order valence-corrected chi connectivity index (χ3v) is 1.08. The molecule has 7 nitrogen and oxygen atoms in total. The molecule has 0 heterocycles. The first kappa shape index (κ1) is 11.0. The van der Waals surface area contributed by atoms with E-state index in [1.165, 1.54) is 0 Å². The summed E-state index contributed by atoms with van der Waals surface area (Å²) in [5.74, 6) is -3.81. The van der Waals surface area contributed by atoms with Crippen LogP contribution in [0.25, 0.3) is 0 Å². The monoisotopic (exact) mass is 202 g/mol. The van der Waals surface area contributed by atoms with Crippen molar-refractivity contribution in [2.45, 2.75) is 5.92 Å². The normalized spacial score (nSPS) is 11.2. The number of rotatable bonds is 5. The summed E-state index contributed by atoms with van der Waals surface area (Å²) in [5, 5.41) is 19.7. The van der Waals surface area contributed by atoms with Crippen molar-refractivity contribution >= 4 is 11.6 Å². The van der Waals surface area contributed by atoms with Crippen LogP contribution in [0.5, 0.6) is 0 Å². The van der Waals surface area contributed by atoms with Gasteiger partial charge >= 0.3 is 5.92 Å². The highest BCUT2D eigenvalue weighted by atomic mass is 35.5. The molecule has 0 spiro atoms. The second-order valence-electron chi connectivity index (χ2n) is 1.69. The molecule has 0 radical (unpaired) electrons. The Bertz CT molecular complexity index is 185. The lowest BCUT2D eigenvalue weighted by atomic mass is 10.5. The van der Waals surface area contributed by atoms with E-state index in [2.05, 4.69) is 4.74 Å². The van der Waals surface area contributed by atoms with Gasteiger partial charge in [0, 0.05) is 0 Å². The van der Waals surface area contributed by atoms with Gasteiger partial charge in [-0.25, -0.2) is 0 Å². The lowest BCUT2D eigenvalue weighted by molar-refractivity contribution is -0.833. The van der Waals surface area contributed by atoms with Crippen LogP contribution in [-0.4, -0.2) is 28.4 Å². The van der Waals surface area contributed by atoms with Gasteiger partial charge in [0.05, 0.1) is 0 Å². The number of halogens is 2. The van der Waals surface area contributed by atoms with Crippen LogP contribution in [0.15, 0.2) is 0 Å². The van der Waals surface area contributed by atoms with E-state index in [0.717, 1.165) is 0 Å². The first-order valence-corrected chi connectivity index (χ1v) is 3.10. The van der Waals surface area contributed by atoms with Crippen molar-refractivity contribution in [2.75, 3.05) is 12.7 Å². The summed E-state index contributed by atoms with van der Waals surface area (Å²) in [4.78, 5) is 16.3. The average molecular weight is 203 g/mol. The number of hydrogen-bond donors (Lipinski definition) is 0. The van der Waals surface area contributed by atoms with Gasteiger partial charge in [0.15, 0.2) is 0 Å². The largest absolute Gasteiger partial charge is 0.637 e. The van der Waals surface area contributed by atoms with Crippen molar-refractivity contribution in [3.05, 3.63) is 20.2 Å². The molecule has 0 saturated heterocycles. The van der Waals surface area contributed by atoms with Gasteiger partial charge in [-0.05, 0) is 0 Å². The van der Waals surface area contributed by atoms with Gasteiger partial charge < -0.3 is 4.74 Å². The van der Waals surface area contributed by atoms with Crippen molar-refractivity contribution in [2.24, 2.45) is 0 Å². The fourth-order valence-electron chi connectivity index (χ4n) is 0.341. The quantitative estimate of drug-likeness (QED) is 0.211. The molecule has 0 aromatic carbocycles. The smallest absolute Gasteiger partial charge is 0.347 e. The Balaban J connectivity index is 4.40. The van der Waals surface area contributed by atoms with E-state index in [-0.39, 0.29) is 0 Å². The van der Waals surface area contributed by atoms with Gasteiger partial charge in [0.25, 0.3) is 0 Å². The Labute approximate surface area is 70.4 Å². The SMILES string of the molecule is O=[N+]([O-])C(F)(COCCl)[N+](=O)[O-]. The van der Waals surface area contributed by atoms with E-state index >= 15 is 0 Å². The van der Waals surface area contributed by atoms with E-state index < -0.39 is 28.4 Å². The van der Waals surface area contributed by atoms with Gasteiger partial charge in [0.1, 0.15) is 15.9 Å². The molecule has 0 atom stereocenters. The van der Waals surface area contributed by atoms with E-state index in [1.54, 1.807) is 0 Å². The molecule has 9 heteroatoms. The summed E-state index contributed by atoms with van der Waals surface area (Å²) in [6.45, 7) is -1.31. The van der Waals surface area contributed by atoms with Crippen LogP contribution >= 0.6 is 11.6 Å². The molecule has 0 N–H and O–H groups in total. The van der Waals surface area contributed by atoms with Gasteiger partial charge in [-0.15, -0.1) is 0 Å². The maximum atomic E-state index is 12.6. The Morgan fingerprint density at radius 1 is 1.42 bits per heavy atom. The second kappa shape index (κ2) is 4.12. The summed E-state index contributed by atoms with van der Waals surface area (Å²) in [6, 6.07) is -0.548. The highest BCUT2D eigenvalue weighted by Crippen LogP contribution is 2.13. The Morgan fingerprint density at radius 3 is 2.08 bits per heavy atom. The Kier molecular flexibility index (Phi) is 3.77. The molecule has 0 aliphatic heterocycles. The third-order valence-electron chi connectivity index (χ3n) is 0.922. The van der Waals surface area contributed by atoms with Crippen LogP contribution in [0.3, 0.4) is 0 Å². The summed E-state index contributed by atoms with van der Waals surface area (Å²) in [6.07, 6.45) is 0. The first-order valence-electron chi connectivity index (χ1n) is 2.56. The highest BCUT2D eigenvalue weighted by Gasteiger charge is 2.58. The van der Waals surface area contributed by atoms with Gasteiger partial charge in [-0.2, -0.15) is 0 Å². The second-order valence-corrected chi connectivity index (χ2v) is 1.91. The Hall–Kier alpha value is -1.02. The predicted octanol–water partition coefficient (Wildman–Crippen LogP) is 0.376. The molecule has 0 rings (SSSR count). The van der Waals surface area contributed by atoms with Crippen molar-refractivity contribution in [3.63, 3.8) is 0 Å². The van der Waals surface area contributed by atoms with Crippen molar-refractivity contribution in [3.8, 4) is 0 Å². The zero-order valence-electron chi connectivity index (χ0n) is 5.61. The molecule has 0 aromatic rings. The molecular formula is C3H4ClFN2O5. The molecule has 0 unspecified atom stereocenters. The maximum absolute atomic E-state index is 12.6.